The predicted octanol–water partition coefficient (Wildman–Crippen LogP) is 3.16. The lowest BCUT2D eigenvalue weighted by Gasteiger charge is -2.21. The minimum Gasteiger partial charge on any atom is -0.480 e. The van der Waals surface area contributed by atoms with Crippen LogP contribution in [0.1, 0.15) is 53.5 Å². The molecule has 1 aromatic carbocycles. The Balaban J connectivity index is 2.73. The molecule has 0 aliphatic rings. The SMILES string of the molecule is CC(C)(C)OC(=O)/N=C(\NCC[C@H](NC(=O)OCc1ccccc1)C(=O)O)NC(=O)OC(C)(C)C. The molecule has 3 amide bonds. The van der Waals surface area contributed by atoms with Crippen LogP contribution in [0, 0.1) is 0 Å². The van der Waals surface area contributed by atoms with Crippen molar-refractivity contribution in [2.75, 3.05) is 6.54 Å². The number of aliphatic carboxylic acids is 1. The van der Waals surface area contributed by atoms with Crippen LogP contribution in [0.5, 0.6) is 0 Å². The summed E-state index contributed by atoms with van der Waals surface area (Å²) in [5.74, 6) is -1.60. The van der Waals surface area contributed by atoms with E-state index in [1.165, 1.54) is 0 Å². The standard InChI is InChI=1S/C23H34N4O8/c1-22(2,3)34-20(31)26-18(27-21(32)35-23(4,5)6)24-13-12-16(17(28)29)25-19(30)33-14-15-10-8-7-9-11-15/h7-11,16H,12-14H2,1-6H3,(H,25,30)(H,28,29)(H2,24,26,27,31,32)/t16-/m0/s1. The van der Waals surface area contributed by atoms with Crippen molar-refractivity contribution in [3.8, 4) is 0 Å². The molecule has 4 N–H and O–H groups in total. The zero-order valence-corrected chi connectivity index (χ0v) is 20.8. The van der Waals surface area contributed by atoms with Crippen LogP contribution in [0.2, 0.25) is 0 Å². The van der Waals surface area contributed by atoms with Gasteiger partial charge in [0.1, 0.15) is 23.9 Å². The molecule has 0 spiro atoms. The molecule has 35 heavy (non-hydrogen) atoms. The number of hydrogen-bond acceptors (Lipinski definition) is 7. The van der Waals surface area contributed by atoms with Gasteiger partial charge in [-0.2, -0.15) is 0 Å². The second-order valence-corrected chi connectivity index (χ2v) is 9.38. The summed E-state index contributed by atoms with van der Waals surface area (Å²) in [5, 5.41) is 16.6. The molecule has 194 valence electrons. The Morgan fingerprint density at radius 2 is 1.54 bits per heavy atom. The number of alkyl carbamates (subject to hydrolysis) is 2. The highest BCUT2D eigenvalue weighted by molar-refractivity contribution is 5.98. The Hall–Kier alpha value is -3.83. The number of nitrogens with one attached hydrogen (secondary N) is 3. The van der Waals surface area contributed by atoms with Gasteiger partial charge in [-0.3, -0.25) is 5.32 Å². The van der Waals surface area contributed by atoms with Gasteiger partial charge in [-0.15, -0.1) is 4.99 Å². The van der Waals surface area contributed by atoms with Crippen molar-refractivity contribution in [3.05, 3.63) is 35.9 Å². The molecular formula is C23H34N4O8. The van der Waals surface area contributed by atoms with E-state index in [-0.39, 0.29) is 25.5 Å². The Morgan fingerprint density at radius 3 is 2.09 bits per heavy atom. The van der Waals surface area contributed by atoms with E-state index in [0.717, 1.165) is 5.56 Å². The number of carboxylic acid groups (broad SMARTS) is 1. The van der Waals surface area contributed by atoms with Crippen molar-refractivity contribution >= 4 is 30.2 Å². The summed E-state index contributed by atoms with van der Waals surface area (Å²) >= 11 is 0. The van der Waals surface area contributed by atoms with Gasteiger partial charge in [0.25, 0.3) is 0 Å². The summed E-state index contributed by atoms with van der Waals surface area (Å²) in [7, 11) is 0. The molecule has 1 atom stereocenters. The Morgan fingerprint density at radius 1 is 0.943 bits per heavy atom. The lowest BCUT2D eigenvalue weighted by atomic mass is 10.2. The Kier molecular flexibility index (Phi) is 11.0. The lowest BCUT2D eigenvalue weighted by molar-refractivity contribution is -0.139. The third-order valence-electron chi connectivity index (χ3n) is 3.74. The number of ether oxygens (including phenoxy) is 3. The topological polar surface area (TPSA) is 165 Å². The van der Waals surface area contributed by atoms with Crippen LogP contribution in [0.4, 0.5) is 14.4 Å². The van der Waals surface area contributed by atoms with Gasteiger partial charge >= 0.3 is 24.2 Å². The van der Waals surface area contributed by atoms with Crippen LogP contribution in [-0.2, 0) is 25.6 Å². The van der Waals surface area contributed by atoms with Crippen molar-refractivity contribution in [1.29, 1.82) is 0 Å². The molecule has 0 aliphatic carbocycles. The molecule has 0 bridgehead atoms. The van der Waals surface area contributed by atoms with E-state index < -0.39 is 41.5 Å². The Labute approximate surface area is 204 Å². The average molecular weight is 495 g/mol. The molecule has 1 aromatic rings. The van der Waals surface area contributed by atoms with Crippen LogP contribution >= 0.6 is 0 Å². The molecule has 0 heterocycles. The largest absolute Gasteiger partial charge is 0.480 e. The smallest absolute Gasteiger partial charge is 0.437 e. The van der Waals surface area contributed by atoms with E-state index in [1.54, 1.807) is 65.8 Å². The molecule has 0 saturated heterocycles. The lowest BCUT2D eigenvalue weighted by Crippen LogP contribution is -2.47. The van der Waals surface area contributed by atoms with Gasteiger partial charge in [0, 0.05) is 6.54 Å². The summed E-state index contributed by atoms with van der Waals surface area (Å²) in [6, 6.07) is 7.59. The third kappa shape index (κ3) is 14.1. The van der Waals surface area contributed by atoms with Gasteiger partial charge in [0.05, 0.1) is 0 Å². The molecule has 12 heteroatoms. The fourth-order valence-corrected chi connectivity index (χ4v) is 2.39. The fourth-order valence-electron chi connectivity index (χ4n) is 2.39. The van der Waals surface area contributed by atoms with Crippen LogP contribution in [-0.4, -0.2) is 59.1 Å². The number of amides is 3. The monoisotopic (exact) mass is 494 g/mol. The van der Waals surface area contributed by atoms with E-state index in [0.29, 0.717) is 0 Å². The maximum atomic E-state index is 12.1. The number of nitrogens with zero attached hydrogens (tertiary/aromatic N) is 1. The molecule has 0 unspecified atom stereocenters. The summed E-state index contributed by atoms with van der Waals surface area (Å²) < 4.78 is 15.3. The predicted molar refractivity (Wildman–Crippen MR) is 127 cm³/mol. The van der Waals surface area contributed by atoms with Gasteiger partial charge < -0.3 is 30.0 Å². The van der Waals surface area contributed by atoms with Gasteiger partial charge in [0.2, 0.25) is 5.96 Å². The first kappa shape index (κ1) is 29.2. The van der Waals surface area contributed by atoms with Crippen molar-refractivity contribution in [1.82, 2.24) is 16.0 Å². The number of hydrogen-bond donors (Lipinski definition) is 4. The minimum absolute atomic E-state index is 0.0240. The van der Waals surface area contributed by atoms with Crippen LogP contribution in [0.25, 0.3) is 0 Å². The quantitative estimate of drug-likeness (QED) is 0.253. The second kappa shape index (κ2) is 13.2. The second-order valence-electron chi connectivity index (χ2n) is 9.38. The molecule has 0 radical (unpaired) electrons. The number of carboxylic acids is 1. The van der Waals surface area contributed by atoms with Crippen LogP contribution < -0.4 is 16.0 Å². The highest BCUT2D eigenvalue weighted by Gasteiger charge is 2.23. The van der Waals surface area contributed by atoms with Crippen molar-refractivity contribution in [3.63, 3.8) is 0 Å². The average Bonchev–Trinajstić information content (AvgIpc) is 2.69. The maximum Gasteiger partial charge on any atom is 0.437 e. The van der Waals surface area contributed by atoms with E-state index >= 15 is 0 Å². The van der Waals surface area contributed by atoms with Crippen LogP contribution in [0.3, 0.4) is 0 Å². The number of rotatable bonds is 7. The summed E-state index contributed by atoms with van der Waals surface area (Å²) in [6.07, 6.45) is -2.90. The number of carbonyl (C=O) groups is 4. The number of carbonyl (C=O) groups excluding carboxylic acids is 3. The van der Waals surface area contributed by atoms with Gasteiger partial charge in [-0.1, -0.05) is 30.3 Å². The number of aliphatic imine (C=N–C) groups is 1. The van der Waals surface area contributed by atoms with Crippen molar-refractivity contribution in [2.24, 2.45) is 4.99 Å². The minimum atomic E-state index is -1.31. The molecule has 1 rings (SSSR count). The third-order valence-corrected chi connectivity index (χ3v) is 3.74. The Bertz CT molecular complexity index is 904. The van der Waals surface area contributed by atoms with E-state index in [4.69, 9.17) is 14.2 Å². The summed E-state index contributed by atoms with van der Waals surface area (Å²) in [6.45, 7) is 9.80. The summed E-state index contributed by atoms with van der Waals surface area (Å²) in [4.78, 5) is 51.4. The number of guanidine groups is 1. The summed E-state index contributed by atoms with van der Waals surface area (Å²) in [5.41, 5.74) is -0.886. The van der Waals surface area contributed by atoms with Gasteiger partial charge in [-0.25, -0.2) is 19.2 Å². The van der Waals surface area contributed by atoms with Gasteiger partial charge in [-0.05, 0) is 53.5 Å². The zero-order chi connectivity index (χ0) is 26.6. The highest BCUT2D eigenvalue weighted by atomic mass is 16.6. The normalized spacial score (nSPS) is 12.7. The molecular weight excluding hydrogens is 460 g/mol. The van der Waals surface area contributed by atoms with Crippen molar-refractivity contribution in [2.45, 2.75) is 71.8 Å². The highest BCUT2D eigenvalue weighted by Crippen LogP contribution is 2.09. The first-order chi connectivity index (χ1) is 16.1. The molecule has 0 aromatic heterocycles. The van der Waals surface area contributed by atoms with E-state index in [9.17, 15) is 24.3 Å². The first-order valence-corrected chi connectivity index (χ1v) is 10.9. The number of benzene rings is 1. The maximum absolute atomic E-state index is 12.1. The molecule has 0 aliphatic heterocycles. The van der Waals surface area contributed by atoms with E-state index in [1.807, 2.05) is 6.07 Å². The fraction of sp³-hybridized carbons (Fsp3) is 0.522. The zero-order valence-electron chi connectivity index (χ0n) is 20.8. The first-order valence-electron chi connectivity index (χ1n) is 10.9. The van der Waals surface area contributed by atoms with Crippen molar-refractivity contribution < 1.29 is 38.5 Å². The van der Waals surface area contributed by atoms with Gasteiger partial charge in [0.15, 0.2) is 0 Å². The molecule has 0 saturated carbocycles. The van der Waals surface area contributed by atoms with Crippen LogP contribution in [0.15, 0.2) is 35.3 Å². The molecule has 12 nitrogen and oxygen atoms in total. The molecule has 0 fully saturated rings. The van der Waals surface area contributed by atoms with E-state index in [2.05, 4.69) is 20.9 Å².